The normalized spacial score (nSPS) is 10.4. The number of aliphatic hydroxyl groups is 1. The molecule has 0 radical (unpaired) electrons. The Bertz CT molecular complexity index is 420. The number of nitrogens with one attached hydrogen (secondary N) is 1. The first-order chi connectivity index (χ1) is 6.79. The number of phenolic OH excluding ortho intramolecular Hbond substituents is 1. The van der Waals surface area contributed by atoms with Gasteiger partial charge in [-0.05, 0) is 29.8 Å². The molecule has 1 heterocycles. The summed E-state index contributed by atoms with van der Waals surface area (Å²) in [6, 6.07) is 6.78. The van der Waals surface area contributed by atoms with E-state index in [2.05, 4.69) is 9.97 Å². The predicted octanol–water partition coefficient (Wildman–Crippen LogP) is 1.27. The smallest absolute Gasteiger partial charge is 0.132 e. The number of hydrogen-bond donors (Lipinski definition) is 3. The van der Waals surface area contributed by atoms with Crippen LogP contribution >= 0.6 is 0 Å². The van der Waals surface area contributed by atoms with Crippen LogP contribution in [0.3, 0.4) is 0 Å². The molecule has 0 fully saturated rings. The summed E-state index contributed by atoms with van der Waals surface area (Å²) < 4.78 is 0. The molecular formula is C10H10N2O2. The zero-order valence-corrected chi connectivity index (χ0v) is 7.44. The van der Waals surface area contributed by atoms with Gasteiger partial charge in [0.2, 0.25) is 0 Å². The number of aromatic nitrogens is 2. The third-order valence-electron chi connectivity index (χ3n) is 1.96. The molecular weight excluding hydrogens is 180 g/mol. The van der Waals surface area contributed by atoms with Gasteiger partial charge in [0, 0.05) is 0 Å². The number of aliphatic hydroxyl groups excluding tert-OH is 1. The Morgan fingerprint density at radius 1 is 1.21 bits per heavy atom. The summed E-state index contributed by atoms with van der Waals surface area (Å²) in [5, 5.41) is 17.9. The molecule has 0 atom stereocenters. The highest BCUT2D eigenvalue weighted by Crippen LogP contribution is 2.19. The lowest BCUT2D eigenvalue weighted by Gasteiger charge is -1.96. The summed E-state index contributed by atoms with van der Waals surface area (Å²) in [6.07, 6.45) is 1.65. The molecule has 0 saturated carbocycles. The number of H-pyrrole nitrogens is 1. The molecule has 0 bridgehead atoms. The summed E-state index contributed by atoms with van der Waals surface area (Å²) in [6.45, 7) is -0.0991. The maximum Gasteiger partial charge on any atom is 0.132 e. The van der Waals surface area contributed by atoms with Gasteiger partial charge in [0.15, 0.2) is 0 Å². The Balaban J connectivity index is 2.34. The van der Waals surface area contributed by atoms with Gasteiger partial charge in [0.05, 0.1) is 11.9 Å². The summed E-state index contributed by atoms with van der Waals surface area (Å²) in [7, 11) is 0. The number of aromatic amines is 1. The molecule has 1 aromatic heterocycles. The van der Waals surface area contributed by atoms with Crippen LogP contribution in [0.2, 0.25) is 0 Å². The van der Waals surface area contributed by atoms with E-state index < -0.39 is 0 Å². The fraction of sp³-hybridized carbons (Fsp3) is 0.100. The van der Waals surface area contributed by atoms with Gasteiger partial charge < -0.3 is 15.2 Å². The second-order valence-corrected chi connectivity index (χ2v) is 2.95. The number of benzene rings is 1. The van der Waals surface area contributed by atoms with Crippen molar-refractivity contribution in [3.8, 4) is 17.0 Å². The van der Waals surface area contributed by atoms with E-state index in [-0.39, 0.29) is 12.4 Å². The van der Waals surface area contributed by atoms with Crippen molar-refractivity contribution in [3.63, 3.8) is 0 Å². The topological polar surface area (TPSA) is 69.1 Å². The van der Waals surface area contributed by atoms with Crippen LogP contribution in [0.5, 0.6) is 5.75 Å². The minimum atomic E-state index is -0.0991. The van der Waals surface area contributed by atoms with Crippen LogP contribution < -0.4 is 0 Å². The second-order valence-electron chi connectivity index (χ2n) is 2.95. The fourth-order valence-corrected chi connectivity index (χ4v) is 1.23. The quantitative estimate of drug-likeness (QED) is 0.668. The molecule has 0 amide bonds. The zero-order chi connectivity index (χ0) is 9.97. The Hall–Kier alpha value is -1.81. The van der Waals surface area contributed by atoms with Crippen LogP contribution in [0, 0.1) is 0 Å². The summed E-state index contributed by atoms with van der Waals surface area (Å²) in [5.74, 6) is 0.767. The maximum absolute atomic E-state index is 9.09. The van der Waals surface area contributed by atoms with Crippen LogP contribution in [0.15, 0.2) is 30.5 Å². The number of aromatic hydroxyl groups is 1. The monoisotopic (exact) mass is 190 g/mol. The minimum Gasteiger partial charge on any atom is -0.508 e. The summed E-state index contributed by atoms with van der Waals surface area (Å²) in [4.78, 5) is 6.92. The van der Waals surface area contributed by atoms with Crippen molar-refractivity contribution in [2.45, 2.75) is 6.61 Å². The lowest BCUT2D eigenvalue weighted by Crippen LogP contribution is -1.84. The molecule has 2 rings (SSSR count). The van der Waals surface area contributed by atoms with Crippen molar-refractivity contribution in [2.24, 2.45) is 0 Å². The lowest BCUT2D eigenvalue weighted by molar-refractivity contribution is 0.272. The first kappa shape index (κ1) is 8.77. The van der Waals surface area contributed by atoms with Crippen LogP contribution in [-0.4, -0.2) is 20.2 Å². The van der Waals surface area contributed by atoms with Crippen LogP contribution in [0.1, 0.15) is 5.82 Å². The molecule has 4 heteroatoms. The molecule has 0 unspecified atom stereocenters. The second kappa shape index (κ2) is 3.51. The lowest BCUT2D eigenvalue weighted by atomic mass is 10.2. The largest absolute Gasteiger partial charge is 0.508 e. The van der Waals surface area contributed by atoms with Crippen molar-refractivity contribution < 1.29 is 10.2 Å². The summed E-state index contributed by atoms with van der Waals surface area (Å²) >= 11 is 0. The third kappa shape index (κ3) is 1.60. The Morgan fingerprint density at radius 3 is 2.50 bits per heavy atom. The van der Waals surface area contributed by atoms with Crippen molar-refractivity contribution in [1.29, 1.82) is 0 Å². The van der Waals surface area contributed by atoms with Gasteiger partial charge in [-0.25, -0.2) is 4.98 Å². The van der Waals surface area contributed by atoms with Gasteiger partial charge in [-0.15, -0.1) is 0 Å². The van der Waals surface area contributed by atoms with Gasteiger partial charge in [-0.3, -0.25) is 0 Å². The van der Waals surface area contributed by atoms with E-state index >= 15 is 0 Å². The molecule has 0 aliphatic heterocycles. The molecule has 3 N–H and O–H groups in total. The van der Waals surface area contributed by atoms with Gasteiger partial charge >= 0.3 is 0 Å². The van der Waals surface area contributed by atoms with Crippen LogP contribution in [-0.2, 0) is 6.61 Å². The van der Waals surface area contributed by atoms with E-state index in [1.54, 1.807) is 30.5 Å². The zero-order valence-electron chi connectivity index (χ0n) is 7.44. The fourth-order valence-electron chi connectivity index (χ4n) is 1.23. The highest BCUT2D eigenvalue weighted by molar-refractivity contribution is 5.59. The number of hydrogen-bond acceptors (Lipinski definition) is 3. The minimum absolute atomic E-state index is 0.0991. The number of imidazole rings is 1. The average Bonchev–Trinajstić information content (AvgIpc) is 2.67. The van der Waals surface area contributed by atoms with E-state index in [9.17, 15) is 0 Å². The van der Waals surface area contributed by atoms with Gasteiger partial charge in [0.25, 0.3) is 0 Å². The van der Waals surface area contributed by atoms with E-state index in [0.29, 0.717) is 5.82 Å². The standard InChI is InChI=1S/C10H10N2O2/c13-6-10-11-5-9(12-10)7-1-3-8(14)4-2-7/h1-5,13-14H,6H2,(H,11,12). The molecule has 72 valence electrons. The molecule has 0 aliphatic carbocycles. The Morgan fingerprint density at radius 2 is 1.93 bits per heavy atom. The van der Waals surface area contributed by atoms with Crippen molar-refractivity contribution in [1.82, 2.24) is 9.97 Å². The van der Waals surface area contributed by atoms with Crippen LogP contribution in [0.4, 0.5) is 0 Å². The van der Waals surface area contributed by atoms with Gasteiger partial charge in [-0.1, -0.05) is 0 Å². The van der Waals surface area contributed by atoms with Crippen molar-refractivity contribution >= 4 is 0 Å². The SMILES string of the molecule is OCc1ncc(-c2ccc(O)cc2)[nH]1. The van der Waals surface area contributed by atoms with Crippen molar-refractivity contribution in [2.75, 3.05) is 0 Å². The number of phenols is 1. The molecule has 0 spiro atoms. The average molecular weight is 190 g/mol. The molecule has 0 saturated heterocycles. The van der Waals surface area contributed by atoms with Crippen LogP contribution in [0.25, 0.3) is 11.3 Å². The van der Waals surface area contributed by atoms with E-state index in [4.69, 9.17) is 10.2 Å². The van der Waals surface area contributed by atoms with E-state index in [1.807, 2.05) is 0 Å². The van der Waals surface area contributed by atoms with Gasteiger partial charge in [-0.2, -0.15) is 0 Å². The first-order valence-corrected chi connectivity index (χ1v) is 4.24. The number of rotatable bonds is 2. The third-order valence-corrected chi connectivity index (χ3v) is 1.96. The van der Waals surface area contributed by atoms with E-state index in [1.165, 1.54) is 0 Å². The molecule has 14 heavy (non-hydrogen) atoms. The molecule has 4 nitrogen and oxygen atoms in total. The number of nitrogens with zero attached hydrogens (tertiary/aromatic N) is 1. The highest BCUT2D eigenvalue weighted by atomic mass is 16.3. The Kier molecular flexibility index (Phi) is 2.20. The summed E-state index contributed by atoms with van der Waals surface area (Å²) in [5.41, 5.74) is 1.75. The highest BCUT2D eigenvalue weighted by Gasteiger charge is 2.01. The van der Waals surface area contributed by atoms with E-state index in [0.717, 1.165) is 11.3 Å². The molecule has 2 aromatic rings. The van der Waals surface area contributed by atoms with Crippen molar-refractivity contribution in [3.05, 3.63) is 36.3 Å². The Labute approximate surface area is 80.9 Å². The van der Waals surface area contributed by atoms with Gasteiger partial charge in [0.1, 0.15) is 18.2 Å². The first-order valence-electron chi connectivity index (χ1n) is 4.24. The molecule has 1 aromatic carbocycles. The molecule has 0 aliphatic rings. The maximum atomic E-state index is 9.09. The predicted molar refractivity (Wildman–Crippen MR) is 51.6 cm³/mol.